The van der Waals surface area contributed by atoms with E-state index in [0.29, 0.717) is 31.6 Å². The van der Waals surface area contributed by atoms with Crippen LogP contribution in [0.25, 0.3) is 17.2 Å². The number of hydrogen-bond donors (Lipinski definition) is 2. The Labute approximate surface area is 300 Å². The van der Waals surface area contributed by atoms with Crippen molar-refractivity contribution in [1.29, 1.82) is 0 Å². The van der Waals surface area contributed by atoms with Crippen molar-refractivity contribution in [2.45, 2.75) is 89.0 Å². The van der Waals surface area contributed by atoms with Gasteiger partial charge in [0.15, 0.2) is 0 Å². The second-order valence-corrected chi connectivity index (χ2v) is 17.7. The van der Waals surface area contributed by atoms with E-state index in [0.717, 1.165) is 47.1 Å². The molecule has 3 fully saturated rings. The number of carbonyl (C=O) groups is 3. The predicted molar refractivity (Wildman–Crippen MR) is 197 cm³/mol. The predicted octanol–water partition coefficient (Wildman–Crippen LogP) is 5.57. The summed E-state index contributed by atoms with van der Waals surface area (Å²) in [6.07, 6.45) is 9.91. The van der Waals surface area contributed by atoms with Crippen LogP contribution in [0.2, 0.25) is 0 Å². The fourth-order valence-electron chi connectivity index (χ4n) is 8.15. The van der Waals surface area contributed by atoms with Gasteiger partial charge < -0.3 is 15.1 Å². The molecule has 4 bridgehead atoms. The number of rotatable bonds is 7. The zero-order valence-electron chi connectivity index (χ0n) is 29.7. The van der Waals surface area contributed by atoms with Gasteiger partial charge in [-0.05, 0) is 86.5 Å². The topological polar surface area (TPSA) is 134 Å². The summed E-state index contributed by atoms with van der Waals surface area (Å²) < 4.78 is 27.6. The smallest absolute Gasteiger partial charge is 0.259 e. The number of carbonyl (C=O) groups excluding carboxylic acids is 3. The standard InChI is InChI=1S/C40H48N4O6S/c1-5-26-23-40(26,38(47)43-51(48,49)28-16-17-28)41-36(45)33-21-27-22-34(33)37(46)44(6-2)24-39(3,4)19-11-7-8-12-25-15-18-30-29-13-9-10-14-31(29)35(42-50-27)32(30)20-25/h5,8-10,12-15,18,20,26-28,33-34H,1,6-7,11,16-17,19,21-24H2,2-4H3,(H,41,45)(H,43,47)/b12-8+,42-35-/t26-,27+,33+,34+,40+/m0/s1. The number of oxime groups is 1. The van der Waals surface area contributed by atoms with Crippen molar-refractivity contribution in [3.63, 3.8) is 0 Å². The Morgan fingerprint density at radius 2 is 1.82 bits per heavy atom. The van der Waals surface area contributed by atoms with Crippen LogP contribution in [-0.2, 0) is 29.2 Å². The Bertz CT molecular complexity index is 1930. The highest BCUT2D eigenvalue weighted by Crippen LogP contribution is 2.47. The molecule has 10 nitrogen and oxygen atoms in total. The quantitative estimate of drug-likeness (QED) is 0.308. The van der Waals surface area contributed by atoms with Crippen molar-refractivity contribution in [2.75, 3.05) is 13.1 Å². The molecule has 3 amide bonds. The fourth-order valence-corrected chi connectivity index (χ4v) is 9.52. The molecule has 5 aliphatic rings. The molecule has 3 saturated carbocycles. The zero-order chi connectivity index (χ0) is 36.1. The molecule has 0 aromatic heterocycles. The third-order valence-electron chi connectivity index (χ3n) is 11.3. The van der Waals surface area contributed by atoms with E-state index in [1.54, 1.807) is 6.08 Å². The highest BCUT2D eigenvalue weighted by atomic mass is 32.2. The van der Waals surface area contributed by atoms with E-state index in [9.17, 15) is 22.8 Å². The minimum Gasteiger partial charge on any atom is -0.392 e. The van der Waals surface area contributed by atoms with Crippen molar-refractivity contribution >= 4 is 39.5 Å². The van der Waals surface area contributed by atoms with Crippen LogP contribution in [0.1, 0.15) is 88.8 Å². The van der Waals surface area contributed by atoms with Gasteiger partial charge in [0.2, 0.25) is 21.8 Å². The van der Waals surface area contributed by atoms with Crippen LogP contribution in [0.3, 0.4) is 0 Å². The summed E-state index contributed by atoms with van der Waals surface area (Å²) in [5.41, 5.74) is 4.27. The minimum absolute atomic E-state index is 0.127. The van der Waals surface area contributed by atoms with Crippen LogP contribution in [-0.4, -0.2) is 66.7 Å². The summed E-state index contributed by atoms with van der Waals surface area (Å²) >= 11 is 0. The molecule has 5 atom stereocenters. The largest absolute Gasteiger partial charge is 0.392 e. The second-order valence-electron chi connectivity index (χ2n) is 15.7. The van der Waals surface area contributed by atoms with Crippen LogP contribution < -0.4 is 10.0 Å². The van der Waals surface area contributed by atoms with E-state index in [2.05, 4.69) is 66.9 Å². The Balaban J connectivity index is 1.21. The van der Waals surface area contributed by atoms with Crippen LogP contribution >= 0.6 is 0 Å². The molecule has 2 aromatic carbocycles. The average Bonchev–Trinajstić information content (AvgIpc) is 4.01. The summed E-state index contributed by atoms with van der Waals surface area (Å²) in [6.45, 7) is 11.1. The number of nitrogens with zero attached hydrogens (tertiary/aromatic N) is 2. The summed E-state index contributed by atoms with van der Waals surface area (Å²) in [5, 5.41) is 7.05. The molecule has 4 aliphatic carbocycles. The van der Waals surface area contributed by atoms with Gasteiger partial charge in [-0.25, -0.2) is 8.42 Å². The number of amides is 3. The molecule has 0 spiro atoms. The highest BCUT2D eigenvalue weighted by Gasteiger charge is 2.62. The monoisotopic (exact) mass is 712 g/mol. The molecule has 1 aliphatic heterocycles. The lowest BCUT2D eigenvalue weighted by Gasteiger charge is -2.34. The molecular weight excluding hydrogens is 665 g/mol. The van der Waals surface area contributed by atoms with Crippen molar-refractivity contribution in [1.82, 2.24) is 14.9 Å². The average molecular weight is 713 g/mol. The van der Waals surface area contributed by atoms with E-state index in [1.165, 1.54) is 0 Å². The van der Waals surface area contributed by atoms with E-state index >= 15 is 0 Å². The van der Waals surface area contributed by atoms with Crippen LogP contribution in [0, 0.1) is 23.2 Å². The highest BCUT2D eigenvalue weighted by molar-refractivity contribution is 7.91. The van der Waals surface area contributed by atoms with Crippen LogP contribution in [0.5, 0.6) is 0 Å². The number of nitrogens with one attached hydrogen (secondary N) is 2. The normalized spacial score (nSPS) is 30.1. The van der Waals surface area contributed by atoms with Gasteiger partial charge in [-0.2, -0.15) is 0 Å². The van der Waals surface area contributed by atoms with Gasteiger partial charge in [-0.3, -0.25) is 19.1 Å². The molecular formula is C40H48N4O6S. The zero-order valence-corrected chi connectivity index (χ0v) is 30.5. The summed E-state index contributed by atoms with van der Waals surface area (Å²) in [7, 11) is -3.83. The van der Waals surface area contributed by atoms with Crippen molar-refractivity contribution in [3.8, 4) is 11.1 Å². The molecule has 51 heavy (non-hydrogen) atoms. The molecule has 0 radical (unpaired) electrons. The minimum atomic E-state index is -3.83. The van der Waals surface area contributed by atoms with Gasteiger partial charge in [-0.1, -0.05) is 73.6 Å². The van der Waals surface area contributed by atoms with Crippen LogP contribution in [0.15, 0.2) is 66.4 Å². The second kappa shape index (κ2) is 13.4. The Morgan fingerprint density at radius 3 is 2.53 bits per heavy atom. The number of sulfonamides is 1. The first kappa shape index (κ1) is 35.2. The van der Waals surface area contributed by atoms with E-state index < -0.39 is 56.5 Å². The van der Waals surface area contributed by atoms with Gasteiger partial charge in [0.05, 0.1) is 17.1 Å². The first-order chi connectivity index (χ1) is 24.4. The fraction of sp³-hybridized carbons (Fsp3) is 0.500. The lowest BCUT2D eigenvalue weighted by molar-refractivity contribution is -0.142. The van der Waals surface area contributed by atoms with Crippen molar-refractivity contribution in [2.24, 2.45) is 28.3 Å². The Hall–Kier alpha value is -4.25. The summed E-state index contributed by atoms with van der Waals surface area (Å²) in [6, 6.07) is 14.5. The number of fused-ring (bicyclic) bond motifs is 6. The molecule has 0 unspecified atom stereocenters. The van der Waals surface area contributed by atoms with Gasteiger partial charge in [0.25, 0.3) is 5.91 Å². The first-order valence-electron chi connectivity index (χ1n) is 18.3. The maximum atomic E-state index is 14.4. The number of allylic oxidation sites excluding steroid dienone is 1. The van der Waals surface area contributed by atoms with E-state index in [-0.39, 0.29) is 30.6 Å². The Morgan fingerprint density at radius 1 is 1.08 bits per heavy atom. The van der Waals surface area contributed by atoms with Crippen LogP contribution in [0.4, 0.5) is 0 Å². The third kappa shape index (κ3) is 6.89. The number of benzene rings is 2. The lowest BCUT2D eigenvalue weighted by atomic mass is 9.85. The van der Waals surface area contributed by atoms with Gasteiger partial charge in [0, 0.05) is 30.1 Å². The molecule has 2 N–H and O–H groups in total. The first-order valence-corrected chi connectivity index (χ1v) is 19.8. The summed E-state index contributed by atoms with van der Waals surface area (Å²) in [5.74, 6) is -3.30. The van der Waals surface area contributed by atoms with E-state index in [1.807, 2.05) is 30.0 Å². The van der Waals surface area contributed by atoms with Crippen molar-refractivity contribution in [3.05, 3.63) is 77.9 Å². The molecule has 270 valence electrons. The lowest BCUT2D eigenvalue weighted by Crippen LogP contribution is -2.54. The van der Waals surface area contributed by atoms with Gasteiger partial charge in [-0.15, -0.1) is 6.58 Å². The summed E-state index contributed by atoms with van der Waals surface area (Å²) in [4.78, 5) is 50.3. The molecule has 0 saturated heterocycles. The maximum Gasteiger partial charge on any atom is 0.259 e. The Kier molecular flexibility index (Phi) is 9.23. The van der Waals surface area contributed by atoms with Crippen molar-refractivity contribution < 1.29 is 27.6 Å². The third-order valence-corrected chi connectivity index (χ3v) is 13.2. The van der Waals surface area contributed by atoms with Gasteiger partial charge in [0.1, 0.15) is 17.4 Å². The molecule has 11 heteroatoms. The van der Waals surface area contributed by atoms with E-state index in [4.69, 9.17) is 9.99 Å². The molecule has 7 rings (SSSR count). The number of hydrogen-bond acceptors (Lipinski definition) is 7. The van der Waals surface area contributed by atoms with Gasteiger partial charge >= 0.3 is 0 Å². The SMILES string of the molecule is C=C[C@H]1C[C@]1(NC(=O)[C@@H]1C[C@@H]2C[C@H]1C(=O)N(CC)CC(C)(C)CCC/C=C/c1ccc3c(c1)/C(=N\O2)c1ccccc1-3)C(=O)NS(=O)(=O)C1CC1. The molecule has 1 heterocycles. The molecule has 2 aromatic rings. The maximum absolute atomic E-state index is 14.4.